The van der Waals surface area contributed by atoms with Gasteiger partial charge in [0, 0.05) is 12.5 Å². The van der Waals surface area contributed by atoms with Crippen molar-refractivity contribution in [3.05, 3.63) is 22.8 Å². The lowest BCUT2D eigenvalue weighted by molar-refractivity contribution is -0.118. The molecule has 7 heteroatoms. The number of Topliss-reactive ketones (excluding diaryl/α,β-unsaturated/α-hetero) is 1. The zero-order valence-corrected chi connectivity index (χ0v) is 11.0. The van der Waals surface area contributed by atoms with Crippen LogP contribution in [0.3, 0.4) is 0 Å². The summed E-state index contributed by atoms with van der Waals surface area (Å²) in [7, 11) is 0. The Morgan fingerprint density at radius 3 is 2.76 bits per heavy atom. The highest BCUT2D eigenvalue weighted by Crippen LogP contribution is 2.46. The number of carbonyl (C=O) groups is 2. The maximum absolute atomic E-state index is 12.0. The van der Waals surface area contributed by atoms with Crippen molar-refractivity contribution in [3.8, 4) is 17.2 Å². The number of fused-ring (bicyclic) bond motifs is 2. The maximum Gasteiger partial charge on any atom is 0.340 e. The Morgan fingerprint density at radius 2 is 2.10 bits per heavy atom. The molecule has 0 fully saturated rings. The summed E-state index contributed by atoms with van der Waals surface area (Å²) in [5, 5.41) is 28.7. The van der Waals surface area contributed by atoms with E-state index in [4.69, 9.17) is 9.47 Å². The first kappa shape index (κ1) is 13.3. The van der Waals surface area contributed by atoms with Crippen molar-refractivity contribution < 1.29 is 34.4 Å². The van der Waals surface area contributed by atoms with Crippen LogP contribution in [0, 0.1) is 0 Å². The molecule has 2 heterocycles. The molecular weight excluding hydrogens is 280 g/mol. The highest BCUT2D eigenvalue weighted by molar-refractivity contribution is 6.08. The number of aromatic carboxylic acids is 1. The molecule has 0 saturated carbocycles. The number of hydrogen-bond donors (Lipinski definition) is 3. The highest BCUT2D eigenvalue weighted by atomic mass is 16.5. The lowest BCUT2D eigenvalue weighted by Crippen LogP contribution is -2.29. The Balaban J connectivity index is 2.32. The number of aromatic hydroxyl groups is 2. The van der Waals surface area contributed by atoms with Crippen LogP contribution < -0.4 is 4.74 Å². The number of ether oxygens (including phenoxy) is 2. The molecular formula is C14H12O7. The van der Waals surface area contributed by atoms with Gasteiger partial charge in [0.2, 0.25) is 0 Å². The van der Waals surface area contributed by atoms with E-state index in [-0.39, 0.29) is 41.5 Å². The van der Waals surface area contributed by atoms with Gasteiger partial charge in [-0.05, 0) is 6.92 Å². The summed E-state index contributed by atoms with van der Waals surface area (Å²) in [6.45, 7) is 1.63. The molecule has 21 heavy (non-hydrogen) atoms. The van der Waals surface area contributed by atoms with Crippen LogP contribution in [-0.2, 0) is 9.53 Å². The van der Waals surface area contributed by atoms with E-state index in [9.17, 15) is 24.9 Å². The molecule has 3 rings (SSSR count). The van der Waals surface area contributed by atoms with E-state index in [1.54, 1.807) is 6.92 Å². The number of phenols is 2. The number of rotatable bonds is 1. The van der Waals surface area contributed by atoms with Crippen molar-refractivity contribution in [1.29, 1.82) is 0 Å². The van der Waals surface area contributed by atoms with Gasteiger partial charge >= 0.3 is 5.97 Å². The smallest absolute Gasteiger partial charge is 0.340 e. The van der Waals surface area contributed by atoms with Gasteiger partial charge in [-0.15, -0.1) is 0 Å². The Labute approximate surface area is 119 Å². The second-order valence-corrected chi connectivity index (χ2v) is 4.95. The van der Waals surface area contributed by atoms with Crippen LogP contribution in [0.4, 0.5) is 0 Å². The van der Waals surface area contributed by atoms with Gasteiger partial charge in [0.05, 0.1) is 11.1 Å². The molecule has 2 aliphatic heterocycles. The van der Waals surface area contributed by atoms with Gasteiger partial charge in [-0.3, -0.25) is 4.79 Å². The van der Waals surface area contributed by atoms with Crippen LogP contribution in [0.2, 0.25) is 0 Å². The van der Waals surface area contributed by atoms with Crippen LogP contribution in [-0.4, -0.2) is 39.8 Å². The SMILES string of the molecule is CC1CC(=O)C2=C(O1)c1c(cc(O)c(O)c1C(=O)O)OC2. The van der Waals surface area contributed by atoms with Gasteiger partial charge in [0.25, 0.3) is 0 Å². The third kappa shape index (κ3) is 1.89. The minimum Gasteiger partial charge on any atom is -0.504 e. The molecule has 0 amide bonds. The molecule has 0 radical (unpaired) electrons. The van der Waals surface area contributed by atoms with Crippen LogP contribution in [0.5, 0.6) is 17.2 Å². The standard InChI is InChI=1S/C14H12O7/c1-5-2-7(15)6-4-20-9-3-8(16)12(17)11(14(18)19)10(9)13(6)21-5/h3,5,16-17H,2,4H2,1H3,(H,18,19). The molecule has 0 aromatic heterocycles. The molecule has 3 N–H and O–H groups in total. The molecule has 1 aromatic carbocycles. The van der Waals surface area contributed by atoms with Gasteiger partial charge in [0.15, 0.2) is 17.3 Å². The minimum atomic E-state index is -1.45. The number of benzene rings is 1. The van der Waals surface area contributed by atoms with E-state index in [1.165, 1.54) is 0 Å². The highest BCUT2D eigenvalue weighted by Gasteiger charge is 2.37. The first-order valence-electron chi connectivity index (χ1n) is 6.28. The molecule has 110 valence electrons. The molecule has 1 atom stereocenters. The van der Waals surface area contributed by atoms with Gasteiger partial charge in [-0.25, -0.2) is 4.79 Å². The van der Waals surface area contributed by atoms with Gasteiger partial charge in [-0.2, -0.15) is 0 Å². The monoisotopic (exact) mass is 292 g/mol. The predicted octanol–water partition coefficient (Wildman–Crippen LogP) is 1.28. The first-order chi connectivity index (χ1) is 9.90. The number of hydrogen-bond acceptors (Lipinski definition) is 6. The average molecular weight is 292 g/mol. The minimum absolute atomic E-state index is 0.0149. The van der Waals surface area contributed by atoms with Gasteiger partial charge < -0.3 is 24.8 Å². The summed E-state index contributed by atoms with van der Waals surface area (Å²) in [6.07, 6.45) is -0.218. The van der Waals surface area contributed by atoms with E-state index in [0.717, 1.165) is 6.07 Å². The van der Waals surface area contributed by atoms with Crippen LogP contribution in [0.25, 0.3) is 5.76 Å². The number of ketones is 1. The quantitative estimate of drug-likeness (QED) is 0.668. The third-order valence-electron chi connectivity index (χ3n) is 3.46. The normalized spacial score (nSPS) is 20.2. The van der Waals surface area contributed by atoms with E-state index in [2.05, 4.69) is 0 Å². The molecule has 0 bridgehead atoms. The first-order valence-corrected chi connectivity index (χ1v) is 6.28. The Morgan fingerprint density at radius 1 is 1.38 bits per heavy atom. The lowest BCUT2D eigenvalue weighted by atomic mass is 9.92. The van der Waals surface area contributed by atoms with E-state index in [0.29, 0.717) is 0 Å². The summed E-state index contributed by atoms with van der Waals surface area (Å²) < 4.78 is 10.9. The van der Waals surface area contributed by atoms with E-state index >= 15 is 0 Å². The number of carboxylic acid groups (broad SMARTS) is 1. The topological polar surface area (TPSA) is 113 Å². The fourth-order valence-corrected chi connectivity index (χ4v) is 2.51. The number of phenolic OH excluding ortho intramolecular Hbond substituents is 1. The Hall–Kier alpha value is -2.70. The van der Waals surface area contributed by atoms with Crippen LogP contribution >= 0.6 is 0 Å². The largest absolute Gasteiger partial charge is 0.504 e. The summed E-state index contributed by atoms with van der Waals surface area (Å²) in [4.78, 5) is 23.4. The second kappa shape index (κ2) is 4.41. The molecule has 0 spiro atoms. The van der Waals surface area contributed by atoms with Gasteiger partial charge in [-0.1, -0.05) is 0 Å². The van der Waals surface area contributed by atoms with E-state index < -0.39 is 29.1 Å². The van der Waals surface area contributed by atoms with Crippen molar-refractivity contribution in [1.82, 2.24) is 0 Å². The third-order valence-corrected chi connectivity index (χ3v) is 3.46. The summed E-state index contributed by atoms with van der Waals surface area (Å²) in [5.41, 5.74) is -0.314. The molecule has 0 saturated heterocycles. The second-order valence-electron chi connectivity index (χ2n) is 4.95. The summed E-state index contributed by atoms with van der Waals surface area (Å²) >= 11 is 0. The fraction of sp³-hybridized carbons (Fsp3) is 0.286. The zero-order valence-electron chi connectivity index (χ0n) is 11.0. The molecule has 7 nitrogen and oxygen atoms in total. The van der Waals surface area contributed by atoms with Crippen molar-refractivity contribution >= 4 is 17.5 Å². The Kier molecular flexibility index (Phi) is 2.79. The molecule has 1 unspecified atom stereocenters. The van der Waals surface area contributed by atoms with Crippen LogP contribution in [0.1, 0.15) is 29.3 Å². The van der Waals surface area contributed by atoms with Crippen molar-refractivity contribution in [2.45, 2.75) is 19.4 Å². The number of carbonyl (C=O) groups excluding carboxylic acids is 1. The number of carboxylic acids is 1. The molecule has 2 aliphatic rings. The fourth-order valence-electron chi connectivity index (χ4n) is 2.51. The van der Waals surface area contributed by atoms with Crippen molar-refractivity contribution in [2.75, 3.05) is 6.61 Å². The lowest BCUT2D eigenvalue weighted by Gasteiger charge is -2.31. The summed E-state index contributed by atoms with van der Waals surface area (Å²) in [5.74, 6) is -2.86. The maximum atomic E-state index is 12.0. The summed E-state index contributed by atoms with van der Waals surface area (Å²) in [6, 6.07) is 1.11. The van der Waals surface area contributed by atoms with Crippen molar-refractivity contribution in [2.24, 2.45) is 0 Å². The average Bonchev–Trinajstić information content (AvgIpc) is 2.39. The Bertz CT molecular complexity index is 702. The predicted molar refractivity (Wildman–Crippen MR) is 69.3 cm³/mol. The zero-order chi connectivity index (χ0) is 15.3. The molecule has 0 aliphatic carbocycles. The van der Waals surface area contributed by atoms with Crippen molar-refractivity contribution in [3.63, 3.8) is 0 Å². The van der Waals surface area contributed by atoms with Crippen LogP contribution in [0.15, 0.2) is 11.6 Å². The van der Waals surface area contributed by atoms with Gasteiger partial charge in [0.1, 0.15) is 29.8 Å². The van der Waals surface area contributed by atoms with E-state index in [1.807, 2.05) is 0 Å². The molecule has 1 aromatic rings.